The van der Waals surface area contributed by atoms with Crippen LogP contribution >= 0.6 is 0 Å². The van der Waals surface area contributed by atoms with Gasteiger partial charge in [-0.1, -0.05) is 6.07 Å². The molecule has 6 heteroatoms. The molecule has 0 aliphatic rings. The van der Waals surface area contributed by atoms with Crippen LogP contribution in [0.1, 0.15) is 0 Å². The minimum Gasteiger partial charge on any atom is -0.354 e. The second kappa shape index (κ2) is 6.13. The quantitative estimate of drug-likeness (QED) is 0.674. The van der Waals surface area contributed by atoms with Crippen LogP contribution in [0.25, 0.3) is 16.6 Å². The number of aromatic nitrogens is 3. The van der Waals surface area contributed by atoms with Gasteiger partial charge in [0, 0.05) is 37.6 Å². The van der Waals surface area contributed by atoms with Crippen LogP contribution in [0.2, 0.25) is 0 Å². The van der Waals surface area contributed by atoms with Crippen LogP contribution in [0.4, 0.5) is 0 Å². The summed E-state index contributed by atoms with van der Waals surface area (Å²) in [4.78, 5) is 11.9. The fraction of sp³-hybridized carbons (Fsp3) is 0.250. The first-order valence-electron chi connectivity index (χ1n) is 6.92. The molecule has 0 fully saturated rings. The van der Waals surface area contributed by atoms with E-state index < -0.39 is 0 Å². The zero-order valence-electron chi connectivity index (χ0n) is 12.5. The summed E-state index contributed by atoms with van der Waals surface area (Å²) in [6.07, 6.45) is 3.18. The molecule has 0 atom stereocenters. The van der Waals surface area contributed by atoms with E-state index in [1.165, 1.54) is 6.07 Å². The van der Waals surface area contributed by atoms with E-state index in [0.717, 1.165) is 16.6 Å². The average molecular weight is 299 g/mol. The highest BCUT2D eigenvalue weighted by Gasteiger charge is 2.10. The largest absolute Gasteiger partial charge is 0.354 e. The molecule has 22 heavy (non-hydrogen) atoms. The predicted octanol–water partition coefficient (Wildman–Crippen LogP) is 1.81. The van der Waals surface area contributed by atoms with E-state index >= 15 is 0 Å². The van der Waals surface area contributed by atoms with Gasteiger partial charge in [-0.05, 0) is 24.3 Å². The lowest BCUT2D eigenvalue weighted by molar-refractivity contribution is -0.111. The first-order chi connectivity index (χ1) is 10.7. The number of benzene rings is 1. The normalized spacial score (nSPS) is 11.4. The number of hydrogen-bond donors (Lipinski definition) is 0. The predicted molar refractivity (Wildman–Crippen MR) is 83.1 cm³/mol. The molecule has 0 radical (unpaired) electrons. The highest BCUT2D eigenvalue weighted by atomic mass is 16.7. The maximum atomic E-state index is 11.9. The van der Waals surface area contributed by atoms with Gasteiger partial charge in [-0.15, -0.1) is 0 Å². The standard InChI is InChI=1S/C16H17N3O3/c1-21-16(22-2)11-19-14-7-6-13(9-12(14)10-17-19)18-8-4-3-5-15(18)20/h3-10,16H,11H2,1-2H3. The van der Waals surface area contributed by atoms with Crippen LogP contribution in [0.3, 0.4) is 0 Å². The summed E-state index contributed by atoms with van der Waals surface area (Å²) in [5, 5.41) is 5.32. The third-order valence-electron chi connectivity index (χ3n) is 3.57. The first-order valence-corrected chi connectivity index (χ1v) is 6.92. The third-order valence-corrected chi connectivity index (χ3v) is 3.57. The average Bonchev–Trinajstić information content (AvgIpc) is 2.95. The minimum atomic E-state index is -0.348. The Morgan fingerprint density at radius 2 is 2.00 bits per heavy atom. The van der Waals surface area contributed by atoms with E-state index in [0.29, 0.717) is 6.54 Å². The summed E-state index contributed by atoms with van der Waals surface area (Å²) < 4.78 is 13.8. The van der Waals surface area contributed by atoms with Crippen molar-refractivity contribution in [2.45, 2.75) is 12.8 Å². The monoisotopic (exact) mass is 299 g/mol. The molecule has 0 saturated carbocycles. The van der Waals surface area contributed by atoms with Crippen LogP contribution < -0.4 is 5.56 Å². The van der Waals surface area contributed by atoms with Crippen molar-refractivity contribution in [3.8, 4) is 5.69 Å². The molecule has 3 aromatic rings. The number of pyridine rings is 1. The van der Waals surface area contributed by atoms with Crippen molar-refractivity contribution in [2.24, 2.45) is 0 Å². The Morgan fingerprint density at radius 1 is 1.18 bits per heavy atom. The third kappa shape index (κ3) is 2.66. The smallest absolute Gasteiger partial charge is 0.255 e. The van der Waals surface area contributed by atoms with Gasteiger partial charge in [0.1, 0.15) is 0 Å². The lowest BCUT2D eigenvalue weighted by Gasteiger charge is -2.14. The molecule has 0 spiro atoms. The van der Waals surface area contributed by atoms with Crippen LogP contribution in [0.5, 0.6) is 0 Å². The van der Waals surface area contributed by atoms with Crippen molar-refractivity contribution in [1.82, 2.24) is 14.3 Å². The molecular weight excluding hydrogens is 282 g/mol. The van der Waals surface area contributed by atoms with E-state index in [-0.39, 0.29) is 11.8 Å². The molecule has 1 aromatic carbocycles. The Labute approximate surface area is 127 Å². The van der Waals surface area contributed by atoms with E-state index in [9.17, 15) is 4.79 Å². The van der Waals surface area contributed by atoms with Crippen LogP contribution in [-0.2, 0) is 16.0 Å². The Balaban J connectivity index is 1.99. The zero-order valence-corrected chi connectivity index (χ0v) is 12.5. The molecule has 0 amide bonds. The summed E-state index contributed by atoms with van der Waals surface area (Å²) in [7, 11) is 3.19. The van der Waals surface area contributed by atoms with Crippen LogP contribution in [-0.4, -0.2) is 34.9 Å². The Kier molecular flexibility index (Phi) is 4.04. The molecule has 0 aliphatic carbocycles. The lowest BCUT2D eigenvalue weighted by atomic mass is 10.2. The molecular formula is C16H17N3O3. The van der Waals surface area contributed by atoms with Gasteiger partial charge in [-0.2, -0.15) is 5.10 Å². The van der Waals surface area contributed by atoms with Crippen molar-refractivity contribution in [1.29, 1.82) is 0 Å². The number of nitrogens with zero attached hydrogens (tertiary/aromatic N) is 3. The van der Waals surface area contributed by atoms with E-state index in [1.807, 2.05) is 28.9 Å². The molecule has 0 bridgehead atoms. The molecule has 0 saturated heterocycles. The van der Waals surface area contributed by atoms with Gasteiger partial charge in [0.25, 0.3) is 5.56 Å². The minimum absolute atomic E-state index is 0.0620. The highest BCUT2D eigenvalue weighted by molar-refractivity contribution is 5.80. The van der Waals surface area contributed by atoms with E-state index in [4.69, 9.17) is 9.47 Å². The molecule has 0 aliphatic heterocycles. The van der Waals surface area contributed by atoms with Gasteiger partial charge in [0.15, 0.2) is 6.29 Å². The number of ether oxygens (including phenoxy) is 2. The summed E-state index contributed by atoms with van der Waals surface area (Å²) in [6.45, 7) is 0.501. The second-order valence-electron chi connectivity index (χ2n) is 4.88. The molecule has 2 heterocycles. The first kappa shape index (κ1) is 14.5. The number of methoxy groups -OCH3 is 2. The fourth-order valence-electron chi connectivity index (χ4n) is 2.40. The van der Waals surface area contributed by atoms with Crippen LogP contribution in [0, 0.1) is 0 Å². The summed E-state index contributed by atoms with van der Waals surface area (Å²) >= 11 is 0. The van der Waals surface area contributed by atoms with Gasteiger partial charge in [-0.25, -0.2) is 0 Å². The van der Waals surface area contributed by atoms with Gasteiger partial charge in [0.2, 0.25) is 0 Å². The maximum absolute atomic E-state index is 11.9. The highest BCUT2D eigenvalue weighted by Crippen LogP contribution is 2.18. The van der Waals surface area contributed by atoms with Crippen molar-refractivity contribution < 1.29 is 9.47 Å². The Morgan fingerprint density at radius 3 is 2.73 bits per heavy atom. The molecule has 0 N–H and O–H groups in total. The number of rotatable bonds is 5. The summed E-state index contributed by atoms with van der Waals surface area (Å²) in [5.41, 5.74) is 1.72. The second-order valence-corrected chi connectivity index (χ2v) is 4.88. The molecule has 114 valence electrons. The van der Waals surface area contributed by atoms with Gasteiger partial charge in [-0.3, -0.25) is 14.0 Å². The van der Waals surface area contributed by atoms with E-state index in [1.54, 1.807) is 37.2 Å². The van der Waals surface area contributed by atoms with Gasteiger partial charge >= 0.3 is 0 Å². The van der Waals surface area contributed by atoms with Gasteiger partial charge < -0.3 is 9.47 Å². The topological polar surface area (TPSA) is 58.3 Å². The molecule has 2 aromatic heterocycles. The molecule has 6 nitrogen and oxygen atoms in total. The van der Waals surface area contributed by atoms with Crippen molar-refractivity contribution in [3.63, 3.8) is 0 Å². The van der Waals surface area contributed by atoms with E-state index in [2.05, 4.69) is 5.10 Å². The van der Waals surface area contributed by atoms with Crippen molar-refractivity contribution >= 4 is 10.9 Å². The summed E-state index contributed by atoms with van der Waals surface area (Å²) in [6, 6.07) is 10.9. The van der Waals surface area contributed by atoms with Crippen molar-refractivity contribution in [3.05, 3.63) is 59.1 Å². The number of hydrogen-bond acceptors (Lipinski definition) is 4. The Hall–Kier alpha value is -2.44. The SMILES string of the molecule is COC(Cn1ncc2cc(-n3ccccc3=O)ccc21)OC. The maximum Gasteiger partial charge on any atom is 0.255 e. The Bertz CT molecular complexity index is 834. The zero-order chi connectivity index (χ0) is 15.5. The molecule has 3 rings (SSSR count). The lowest BCUT2D eigenvalue weighted by Crippen LogP contribution is -2.21. The van der Waals surface area contributed by atoms with Gasteiger partial charge in [0.05, 0.1) is 18.3 Å². The molecule has 0 unspecified atom stereocenters. The fourth-order valence-corrected chi connectivity index (χ4v) is 2.40. The van der Waals surface area contributed by atoms with Crippen LogP contribution in [0.15, 0.2) is 53.6 Å². The van der Waals surface area contributed by atoms with Crippen molar-refractivity contribution in [2.75, 3.05) is 14.2 Å². The summed E-state index contributed by atoms with van der Waals surface area (Å²) in [5.74, 6) is 0. The number of fused-ring (bicyclic) bond motifs is 1.